The Kier molecular flexibility index (Phi) is 14.0. The molecule has 0 bridgehead atoms. The minimum atomic E-state index is -4.20. The number of hydrogen-bond donors (Lipinski definition) is 4. The highest BCUT2D eigenvalue weighted by Gasteiger charge is 2.39. The second-order valence-electron chi connectivity index (χ2n) is 10.5. The molecule has 2 aromatic rings. The van der Waals surface area contributed by atoms with Crippen molar-refractivity contribution in [1.82, 2.24) is 20.0 Å². The Labute approximate surface area is 261 Å². The number of ether oxygens (including phenoxy) is 2. The van der Waals surface area contributed by atoms with Gasteiger partial charge in [-0.15, -0.1) is 0 Å². The van der Waals surface area contributed by atoms with Gasteiger partial charge >= 0.3 is 19.4 Å². The number of aromatic amines is 1. The van der Waals surface area contributed by atoms with Crippen LogP contribution in [0.1, 0.15) is 70.6 Å². The zero-order chi connectivity index (χ0) is 32.8. The molecule has 0 saturated carbocycles. The molecule has 0 aliphatic carbocycles. The van der Waals surface area contributed by atoms with Gasteiger partial charge in [0.2, 0.25) is 5.91 Å². The van der Waals surface area contributed by atoms with Gasteiger partial charge in [-0.1, -0.05) is 62.6 Å². The Bertz CT molecular complexity index is 1500. The number of carbonyl (C=O) groups is 2. The molecular weight excluding hydrogens is 607 g/mol. The molecule has 1 saturated heterocycles. The number of esters is 1. The Hall–Kier alpha value is -3.73. The maximum Gasteiger partial charge on any atom is 0.459 e. The second-order valence-corrected chi connectivity index (χ2v) is 12.1. The van der Waals surface area contributed by atoms with E-state index in [-0.39, 0.29) is 30.2 Å². The zero-order valence-electron chi connectivity index (χ0n) is 25.7. The third kappa shape index (κ3) is 11.3. The molecule has 1 fully saturated rings. The van der Waals surface area contributed by atoms with Crippen molar-refractivity contribution in [3.05, 3.63) is 62.9 Å². The van der Waals surface area contributed by atoms with Crippen LogP contribution >= 0.6 is 7.75 Å². The van der Waals surface area contributed by atoms with Crippen molar-refractivity contribution in [3.8, 4) is 17.6 Å². The molecule has 0 radical (unpaired) electrons. The fourth-order valence-corrected chi connectivity index (χ4v) is 5.93. The molecule has 1 unspecified atom stereocenters. The highest BCUT2D eigenvalue weighted by atomic mass is 31.2. The first-order valence-corrected chi connectivity index (χ1v) is 16.4. The summed E-state index contributed by atoms with van der Waals surface area (Å²) in [6.45, 7) is 3.13. The molecule has 1 aliphatic heterocycles. The summed E-state index contributed by atoms with van der Waals surface area (Å²) in [5.74, 6) is 4.73. The normalized spacial score (nSPS) is 19.5. The average Bonchev–Trinajstić information content (AvgIpc) is 3.38. The van der Waals surface area contributed by atoms with E-state index < -0.39 is 56.0 Å². The molecule has 5 atom stereocenters. The van der Waals surface area contributed by atoms with Crippen molar-refractivity contribution in [2.45, 2.75) is 83.3 Å². The SMILES string of the molecule is CCCCCCCC(=O)NCC#Cc1cn([C@H]2C[C@H](O)[C@@H](COP(=O)(N[C@@H](C)C(=O)OC)Oc3ccccc3)O2)c(=O)[nH]c1=O. The molecule has 15 heteroatoms. The van der Waals surface area contributed by atoms with Crippen LogP contribution in [0, 0.1) is 11.8 Å². The Balaban J connectivity index is 1.64. The summed E-state index contributed by atoms with van der Waals surface area (Å²) in [7, 11) is -3.02. The van der Waals surface area contributed by atoms with Crippen LogP contribution in [0.5, 0.6) is 5.75 Å². The number of benzene rings is 1. The number of rotatable bonds is 16. The van der Waals surface area contributed by atoms with E-state index in [9.17, 15) is 28.8 Å². The van der Waals surface area contributed by atoms with Gasteiger partial charge in [0.15, 0.2) is 0 Å². The van der Waals surface area contributed by atoms with Crippen LogP contribution in [0.4, 0.5) is 0 Å². The molecule has 0 spiro atoms. The summed E-state index contributed by atoms with van der Waals surface area (Å²) in [4.78, 5) is 51.1. The van der Waals surface area contributed by atoms with Crippen LogP contribution in [-0.4, -0.2) is 65.0 Å². The van der Waals surface area contributed by atoms with Gasteiger partial charge in [0, 0.05) is 19.0 Å². The maximum atomic E-state index is 13.6. The topological polar surface area (TPSA) is 187 Å². The average molecular weight is 649 g/mol. The zero-order valence-corrected chi connectivity index (χ0v) is 26.5. The Morgan fingerprint density at radius 2 is 1.93 bits per heavy atom. The number of nitrogens with one attached hydrogen (secondary N) is 3. The number of amides is 1. The van der Waals surface area contributed by atoms with Crippen molar-refractivity contribution in [2.24, 2.45) is 0 Å². The van der Waals surface area contributed by atoms with Gasteiger partial charge in [0.25, 0.3) is 5.56 Å². The number of methoxy groups -OCH3 is 1. The van der Waals surface area contributed by atoms with Gasteiger partial charge in [-0.2, -0.15) is 5.09 Å². The molecule has 1 aromatic carbocycles. The number of para-hydroxylation sites is 1. The summed E-state index contributed by atoms with van der Waals surface area (Å²) in [6.07, 6.45) is 3.49. The lowest BCUT2D eigenvalue weighted by atomic mass is 10.1. The van der Waals surface area contributed by atoms with E-state index in [2.05, 4.69) is 38.9 Å². The van der Waals surface area contributed by atoms with E-state index in [1.807, 2.05) is 0 Å². The number of unbranched alkanes of at least 4 members (excludes halogenated alkanes) is 4. The Morgan fingerprint density at radius 3 is 2.64 bits per heavy atom. The summed E-state index contributed by atoms with van der Waals surface area (Å²) in [6, 6.07) is 7.08. The lowest BCUT2D eigenvalue weighted by Crippen LogP contribution is -2.36. The summed E-state index contributed by atoms with van der Waals surface area (Å²) in [5.41, 5.74) is -1.54. The lowest BCUT2D eigenvalue weighted by Gasteiger charge is -2.24. The van der Waals surface area contributed by atoms with E-state index in [0.29, 0.717) is 6.42 Å². The van der Waals surface area contributed by atoms with E-state index in [1.165, 1.54) is 20.2 Å². The summed E-state index contributed by atoms with van der Waals surface area (Å²) >= 11 is 0. The number of carbonyl (C=O) groups excluding carboxylic acids is 2. The van der Waals surface area contributed by atoms with Crippen LogP contribution < -0.4 is 26.2 Å². The van der Waals surface area contributed by atoms with Gasteiger partial charge < -0.3 is 24.4 Å². The first-order valence-electron chi connectivity index (χ1n) is 14.8. The number of hydrogen-bond acceptors (Lipinski definition) is 10. The van der Waals surface area contributed by atoms with Crippen LogP contribution in [0.2, 0.25) is 0 Å². The van der Waals surface area contributed by atoms with Crippen molar-refractivity contribution in [2.75, 3.05) is 20.3 Å². The van der Waals surface area contributed by atoms with Crippen LogP contribution in [0.3, 0.4) is 0 Å². The van der Waals surface area contributed by atoms with Gasteiger partial charge in [-0.05, 0) is 25.5 Å². The minimum Gasteiger partial charge on any atom is -0.468 e. The van der Waals surface area contributed by atoms with Crippen LogP contribution in [0.15, 0.2) is 46.1 Å². The predicted octanol–water partition coefficient (Wildman–Crippen LogP) is 2.37. The standard InChI is InChI=1S/C30H41N4O10P/c1-4-5-6-7-11-16-26(36)31-17-12-13-22-19-34(30(39)32-28(22)37)27-18-24(35)25(43-27)20-42-45(40,33-21(2)29(38)41-3)44-23-14-9-8-10-15-23/h8-10,14-15,19,21,24-25,27,35H,4-7,11,16-18,20H2,1-3H3,(H,31,36)(H,33,40)(H,32,37,39)/t21-,24-,25+,27+,45?/m0/s1. The fraction of sp³-hybridized carbons (Fsp3) is 0.533. The molecule has 1 aliphatic rings. The molecule has 4 N–H and O–H groups in total. The van der Waals surface area contributed by atoms with Gasteiger partial charge in [-0.3, -0.25) is 28.5 Å². The van der Waals surface area contributed by atoms with Crippen LogP contribution in [-0.2, 0) is 28.2 Å². The largest absolute Gasteiger partial charge is 0.468 e. The molecular formula is C30H41N4O10P. The molecule has 45 heavy (non-hydrogen) atoms. The smallest absolute Gasteiger partial charge is 0.459 e. The van der Waals surface area contributed by atoms with E-state index in [1.54, 1.807) is 30.3 Å². The summed E-state index contributed by atoms with van der Waals surface area (Å²) in [5, 5.41) is 15.9. The minimum absolute atomic E-state index is 0.0259. The maximum absolute atomic E-state index is 13.6. The molecule has 3 rings (SSSR count). The van der Waals surface area contributed by atoms with E-state index >= 15 is 0 Å². The quantitative estimate of drug-likeness (QED) is 0.0906. The summed E-state index contributed by atoms with van der Waals surface area (Å²) < 4.78 is 36.3. The first kappa shape index (κ1) is 35.7. The van der Waals surface area contributed by atoms with Gasteiger partial charge in [-0.25, -0.2) is 9.36 Å². The van der Waals surface area contributed by atoms with Gasteiger partial charge in [0.05, 0.1) is 26.4 Å². The fourth-order valence-electron chi connectivity index (χ4n) is 4.43. The van der Waals surface area contributed by atoms with Crippen molar-refractivity contribution >= 4 is 19.6 Å². The molecule has 14 nitrogen and oxygen atoms in total. The Morgan fingerprint density at radius 1 is 1.20 bits per heavy atom. The third-order valence-electron chi connectivity index (χ3n) is 6.87. The number of nitrogens with zero attached hydrogens (tertiary/aromatic N) is 1. The van der Waals surface area contributed by atoms with E-state index in [4.69, 9.17) is 13.8 Å². The van der Waals surface area contributed by atoms with Crippen molar-refractivity contribution < 1.29 is 37.8 Å². The molecule has 246 valence electrons. The monoisotopic (exact) mass is 648 g/mol. The molecule has 2 heterocycles. The number of aliphatic hydroxyl groups excluding tert-OH is 1. The van der Waals surface area contributed by atoms with Crippen LogP contribution in [0.25, 0.3) is 0 Å². The highest BCUT2D eigenvalue weighted by molar-refractivity contribution is 7.52. The second kappa shape index (κ2) is 17.7. The predicted molar refractivity (Wildman–Crippen MR) is 164 cm³/mol. The lowest BCUT2D eigenvalue weighted by molar-refractivity contribution is -0.142. The molecule has 1 aromatic heterocycles. The van der Waals surface area contributed by atoms with Gasteiger partial charge in [0.1, 0.15) is 29.7 Å². The third-order valence-corrected chi connectivity index (χ3v) is 8.51. The molecule has 1 amide bonds. The first-order chi connectivity index (χ1) is 21.5. The number of aromatic nitrogens is 2. The van der Waals surface area contributed by atoms with Crippen molar-refractivity contribution in [1.29, 1.82) is 0 Å². The highest BCUT2D eigenvalue weighted by Crippen LogP contribution is 2.45. The van der Waals surface area contributed by atoms with E-state index in [0.717, 1.165) is 36.7 Å². The number of aliphatic hydroxyl groups is 1. The van der Waals surface area contributed by atoms with Crippen molar-refractivity contribution in [3.63, 3.8) is 0 Å². The number of H-pyrrole nitrogens is 1.